The van der Waals surface area contributed by atoms with Gasteiger partial charge in [0.1, 0.15) is 20.0 Å². The van der Waals surface area contributed by atoms with Gasteiger partial charge in [-0.05, 0) is 0 Å². The fourth-order valence-electron chi connectivity index (χ4n) is 0.575. The molecule has 1 aromatic rings. The van der Waals surface area contributed by atoms with Crippen molar-refractivity contribution in [3.8, 4) is 0 Å². The van der Waals surface area contributed by atoms with Crippen LogP contribution >= 0.6 is 7.60 Å². The predicted octanol–water partition coefficient (Wildman–Crippen LogP) is -0.334. The molecule has 0 aromatic carbocycles. The Hall–Kier alpha value is -0.640. The number of nitrogens with zero attached hydrogens (tertiary/aromatic N) is 2. The number of aromatic nitrogens is 2. The summed E-state index contributed by atoms with van der Waals surface area (Å²) in [5.74, 6) is 0. The van der Waals surface area contributed by atoms with E-state index in [1.54, 1.807) is 0 Å². The van der Waals surface area contributed by atoms with Gasteiger partial charge >= 0.3 is 0 Å². The summed E-state index contributed by atoms with van der Waals surface area (Å²) >= 11 is 0. The highest BCUT2D eigenvalue weighted by Gasteiger charge is 1.88. The van der Waals surface area contributed by atoms with Crippen LogP contribution in [0.1, 0.15) is 0 Å². The average molecular weight is 206 g/mol. The third-order valence-electron chi connectivity index (χ3n) is 1.23. The van der Waals surface area contributed by atoms with Crippen LogP contribution in [0.15, 0.2) is 18.7 Å². The van der Waals surface area contributed by atoms with Gasteiger partial charge in [0.15, 0.2) is 0 Å². The third-order valence-corrected chi connectivity index (χ3v) is 1.90. The van der Waals surface area contributed by atoms with Crippen molar-refractivity contribution in [2.24, 2.45) is 14.1 Å². The molecule has 0 amide bonds. The van der Waals surface area contributed by atoms with E-state index in [0.29, 0.717) is 0 Å². The Labute approximate surface area is 78.1 Å². The summed E-state index contributed by atoms with van der Waals surface area (Å²) in [6.07, 6.45) is 6.00. The maximum atomic E-state index is 9.81. The minimum atomic E-state index is -3.40. The van der Waals surface area contributed by atoms with Crippen LogP contribution in [0.25, 0.3) is 0 Å². The molecule has 0 saturated heterocycles. The SMILES string of the molecule is COP(C)(=O)[O-].Cn1cc[n+](C)c1. The first kappa shape index (κ1) is 12.4. The highest BCUT2D eigenvalue weighted by molar-refractivity contribution is 7.50. The molecule has 1 unspecified atom stereocenters. The maximum absolute atomic E-state index is 9.81. The molecule has 1 rings (SSSR count). The van der Waals surface area contributed by atoms with Crippen molar-refractivity contribution in [1.29, 1.82) is 0 Å². The summed E-state index contributed by atoms with van der Waals surface area (Å²) in [7, 11) is 1.74. The van der Waals surface area contributed by atoms with Crippen LogP contribution in [-0.4, -0.2) is 18.3 Å². The zero-order chi connectivity index (χ0) is 10.5. The van der Waals surface area contributed by atoms with Crippen molar-refractivity contribution < 1.29 is 18.5 Å². The van der Waals surface area contributed by atoms with E-state index in [1.807, 2.05) is 42.0 Å². The van der Waals surface area contributed by atoms with Crippen LogP contribution in [0.3, 0.4) is 0 Å². The van der Waals surface area contributed by atoms with Gasteiger partial charge < -0.3 is 14.0 Å². The molecular weight excluding hydrogens is 191 g/mol. The fraction of sp³-hybridized carbons (Fsp3) is 0.571. The summed E-state index contributed by atoms with van der Waals surface area (Å²) in [5.41, 5.74) is 0. The van der Waals surface area contributed by atoms with Gasteiger partial charge in [-0.25, -0.2) is 9.13 Å². The molecule has 5 nitrogen and oxygen atoms in total. The molecular formula is C7H15N2O3P. The summed E-state index contributed by atoms with van der Waals surface area (Å²) in [6.45, 7) is 1.02. The summed E-state index contributed by atoms with van der Waals surface area (Å²) < 4.78 is 17.7. The van der Waals surface area contributed by atoms with Crippen LogP contribution in [0.4, 0.5) is 0 Å². The lowest BCUT2D eigenvalue weighted by Crippen LogP contribution is -2.23. The zero-order valence-electron chi connectivity index (χ0n) is 8.30. The largest absolute Gasteiger partial charge is 0.779 e. The monoisotopic (exact) mass is 206 g/mol. The topological polar surface area (TPSA) is 58.2 Å². The number of hydrogen-bond donors (Lipinski definition) is 0. The van der Waals surface area contributed by atoms with Gasteiger partial charge in [-0.1, -0.05) is 0 Å². The van der Waals surface area contributed by atoms with Crippen molar-refractivity contribution in [1.82, 2.24) is 4.57 Å². The Bertz CT molecular complexity index is 275. The van der Waals surface area contributed by atoms with E-state index in [2.05, 4.69) is 4.52 Å². The molecule has 13 heavy (non-hydrogen) atoms. The van der Waals surface area contributed by atoms with E-state index in [0.717, 1.165) is 13.8 Å². The molecule has 0 aliphatic rings. The minimum absolute atomic E-state index is 1.02. The van der Waals surface area contributed by atoms with Crippen molar-refractivity contribution >= 4 is 7.60 Å². The van der Waals surface area contributed by atoms with E-state index in [-0.39, 0.29) is 0 Å². The van der Waals surface area contributed by atoms with Gasteiger partial charge in [-0.15, -0.1) is 0 Å². The van der Waals surface area contributed by atoms with Gasteiger partial charge in [-0.2, -0.15) is 0 Å². The minimum Gasteiger partial charge on any atom is -0.779 e. The normalized spacial score (nSPS) is 14.2. The molecule has 0 spiro atoms. The van der Waals surface area contributed by atoms with Crippen LogP contribution in [0.5, 0.6) is 0 Å². The van der Waals surface area contributed by atoms with Crippen molar-refractivity contribution in [2.75, 3.05) is 13.8 Å². The van der Waals surface area contributed by atoms with E-state index in [1.165, 1.54) is 0 Å². The van der Waals surface area contributed by atoms with E-state index >= 15 is 0 Å². The third kappa shape index (κ3) is 7.71. The molecule has 0 radical (unpaired) electrons. The molecule has 1 atom stereocenters. The Morgan fingerprint density at radius 3 is 2.15 bits per heavy atom. The highest BCUT2D eigenvalue weighted by Crippen LogP contribution is 2.28. The molecule has 6 heteroatoms. The lowest BCUT2D eigenvalue weighted by molar-refractivity contribution is -0.670. The molecule has 0 bridgehead atoms. The molecule has 1 heterocycles. The number of imidazole rings is 1. The summed E-state index contributed by atoms with van der Waals surface area (Å²) in [5, 5.41) is 0. The van der Waals surface area contributed by atoms with E-state index < -0.39 is 7.60 Å². The highest BCUT2D eigenvalue weighted by atomic mass is 31.2. The summed E-state index contributed by atoms with van der Waals surface area (Å²) in [6, 6.07) is 0. The molecule has 0 aliphatic carbocycles. The smallest absolute Gasteiger partial charge is 0.243 e. The first-order chi connectivity index (χ1) is 5.85. The molecule has 0 fully saturated rings. The van der Waals surface area contributed by atoms with Gasteiger partial charge in [-0.3, -0.25) is 0 Å². The standard InChI is InChI=1S/C5H9N2.C2H7O3P/c1-6-3-4-7(2)5-6;1-5-6(2,3)4/h3-5H,1-2H3;1-2H3,(H,3,4)/q+1;/p-1. The number of hydrogen-bond acceptors (Lipinski definition) is 3. The van der Waals surface area contributed by atoms with Crippen LogP contribution < -0.4 is 9.46 Å². The molecule has 0 aliphatic heterocycles. The van der Waals surface area contributed by atoms with Crippen LogP contribution in [-0.2, 0) is 23.2 Å². The first-order valence-corrected chi connectivity index (χ1v) is 5.65. The van der Waals surface area contributed by atoms with E-state index in [9.17, 15) is 9.46 Å². The zero-order valence-corrected chi connectivity index (χ0v) is 9.19. The summed E-state index contributed by atoms with van der Waals surface area (Å²) in [4.78, 5) is 9.81. The number of aryl methyl sites for hydroxylation is 2. The number of rotatable bonds is 1. The van der Waals surface area contributed by atoms with Gasteiger partial charge in [0, 0.05) is 13.8 Å². The second kappa shape index (κ2) is 5.17. The van der Waals surface area contributed by atoms with Crippen molar-refractivity contribution in [2.45, 2.75) is 0 Å². The lowest BCUT2D eigenvalue weighted by atomic mass is 10.9. The fourth-order valence-corrected chi connectivity index (χ4v) is 0.575. The van der Waals surface area contributed by atoms with Gasteiger partial charge in [0.2, 0.25) is 6.33 Å². The van der Waals surface area contributed by atoms with Crippen molar-refractivity contribution in [3.05, 3.63) is 18.7 Å². The Morgan fingerprint density at radius 1 is 1.62 bits per heavy atom. The second-order valence-electron chi connectivity index (χ2n) is 2.70. The molecule has 1 aromatic heterocycles. The molecule has 76 valence electrons. The average Bonchev–Trinajstić information content (AvgIpc) is 2.34. The Morgan fingerprint density at radius 2 is 2.08 bits per heavy atom. The van der Waals surface area contributed by atoms with Crippen LogP contribution in [0, 0.1) is 0 Å². The quantitative estimate of drug-likeness (QED) is 0.467. The molecule has 0 N–H and O–H groups in total. The second-order valence-corrected chi connectivity index (χ2v) is 4.61. The Balaban J connectivity index is 0.000000226. The molecule has 0 saturated carbocycles. The maximum Gasteiger partial charge on any atom is 0.243 e. The first-order valence-electron chi connectivity index (χ1n) is 3.66. The van der Waals surface area contributed by atoms with E-state index in [4.69, 9.17) is 0 Å². The van der Waals surface area contributed by atoms with Crippen LogP contribution in [0.2, 0.25) is 0 Å². The van der Waals surface area contributed by atoms with Crippen molar-refractivity contribution in [3.63, 3.8) is 0 Å². The van der Waals surface area contributed by atoms with Gasteiger partial charge in [0.05, 0.1) is 14.1 Å². The predicted molar refractivity (Wildman–Crippen MR) is 47.1 cm³/mol. The lowest BCUT2D eigenvalue weighted by Gasteiger charge is -2.12. The van der Waals surface area contributed by atoms with Gasteiger partial charge in [0.25, 0.3) is 0 Å². The Kier molecular flexibility index (Phi) is 4.91.